The number of para-hydroxylation sites is 1. The van der Waals surface area contributed by atoms with Crippen LogP contribution in [0.4, 0.5) is 0 Å². The fraction of sp³-hybridized carbons (Fsp3) is 0.529. The average molecular weight is 301 g/mol. The second-order valence-corrected chi connectivity index (χ2v) is 5.98. The van der Waals surface area contributed by atoms with E-state index in [1.165, 1.54) is 12.8 Å². The number of hydrogen-bond acceptors (Lipinski definition) is 4. The normalized spacial score (nSPS) is 19.6. The van der Waals surface area contributed by atoms with Crippen molar-refractivity contribution < 1.29 is 5.11 Å². The van der Waals surface area contributed by atoms with E-state index in [4.69, 9.17) is 0 Å². The third-order valence-corrected chi connectivity index (χ3v) is 4.51. The lowest BCUT2D eigenvalue weighted by Crippen LogP contribution is -2.41. The number of likely N-dealkylation sites (tertiary alicyclic amines) is 1. The molecule has 5 heteroatoms. The molecule has 118 valence electrons. The van der Waals surface area contributed by atoms with E-state index >= 15 is 0 Å². The quantitative estimate of drug-likeness (QED) is 0.882. The molecule has 3 rings (SSSR count). The van der Waals surface area contributed by atoms with Gasteiger partial charge in [0, 0.05) is 25.6 Å². The third-order valence-electron chi connectivity index (χ3n) is 4.51. The molecular weight excluding hydrogens is 278 g/mol. The molecule has 22 heavy (non-hydrogen) atoms. The summed E-state index contributed by atoms with van der Waals surface area (Å²) in [4.78, 5) is 22.0. The van der Waals surface area contributed by atoms with Gasteiger partial charge in [-0.1, -0.05) is 18.6 Å². The first-order valence-corrected chi connectivity index (χ1v) is 8.11. The van der Waals surface area contributed by atoms with Crippen molar-refractivity contribution in [1.82, 2.24) is 14.9 Å². The summed E-state index contributed by atoms with van der Waals surface area (Å²) in [5, 5.41) is 9.83. The molecule has 1 fully saturated rings. The first-order chi connectivity index (χ1) is 10.8. The molecule has 0 radical (unpaired) electrons. The molecule has 2 aromatic rings. The number of aromatic amines is 1. The highest BCUT2D eigenvalue weighted by Crippen LogP contribution is 2.19. The summed E-state index contributed by atoms with van der Waals surface area (Å²) >= 11 is 0. The van der Waals surface area contributed by atoms with Crippen molar-refractivity contribution in [1.29, 1.82) is 0 Å². The van der Waals surface area contributed by atoms with Gasteiger partial charge >= 0.3 is 0 Å². The molecule has 1 unspecified atom stereocenters. The topological polar surface area (TPSA) is 69.2 Å². The van der Waals surface area contributed by atoms with Gasteiger partial charge in [-0.05, 0) is 37.9 Å². The number of aliphatic hydroxyl groups excluding tert-OH is 1. The fourth-order valence-corrected chi connectivity index (χ4v) is 3.33. The van der Waals surface area contributed by atoms with E-state index in [0.717, 1.165) is 43.7 Å². The fourth-order valence-electron chi connectivity index (χ4n) is 3.33. The minimum atomic E-state index is -0.0637. The maximum Gasteiger partial charge on any atom is 0.258 e. The van der Waals surface area contributed by atoms with Crippen LogP contribution in [-0.2, 0) is 6.42 Å². The average Bonchev–Trinajstić information content (AvgIpc) is 2.54. The van der Waals surface area contributed by atoms with Crippen LogP contribution in [-0.4, -0.2) is 45.7 Å². The van der Waals surface area contributed by atoms with Gasteiger partial charge in [-0.25, -0.2) is 4.98 Å². The Hall–Kier alpha value is -1.72. The van der Waals surface area contributed by atoms with Crippen molar-refractivity contribution in [3.05, 3.63) is 40.4 Å². The second kappa shape index (κ2) is 7.03. The molecule has 0 saturated carbocycles. The van der Waals surface area contributed by atoms with Gasteiger partial charge in [0.05, 0.1) is 10.9 Å². The minimum absolute atomic E-state index is 0.0637. The number of benzene rings is 1. The van der Waals surface area contributed by atoms with Gasteiger partial charge in [-0.15, -0.1) is 0 Å². The molecule has 0 aliphatic carbocycles. The Morgan fingerprint density at radius 1 is 1.32 bits per heavy atom. The van der Waals surface area contributed by atoms with Crippen LogP contribution >= 0.6 is 0 Å². The number of nitrogens with zero attached hydrogens (tertiary/aromatic N) is 2. The Morgan fingerprint density at radius 3 is 3.05 bits per heavy atom. The molecule has 1 aliphatic rings. The number of rotatable bonds is 5. The summed E-state index contributed by atoms with van der Waals surface area (Å²) in [7, 11) is 0. The number of fused-ring (bicyclic) bond motifs is 1. The number of aliphatic hydroxyl groups is 1. The van der Waals surface area contributed by atoms with E-state index in [1.807, 2.05) is 18.2 Å². The first kappa shape index (κ1) is 15.2. The molecule has 5 nitrogen and oxygen atoms in total. The van der Waals surface area contributed by atoms with Crippen molar-refractivity contribution in [2.24, 2.45) is 0 Å². The standard InChI is InChI=1S/C17H23N3O2/c21-12-9-13-5-3-4-10-20(13)11-8-16-18-15-7-2-1-6-14(15)17(22)19-16/h1-2,6-7,13,21H,3-5,8-12H2,(H,18,19,22). The number of nitrogens with one attached hydrogen (secondary N) is 1. The monoisotopic (exact) mass is 301 g/mol. The Morgan fingerprint density at radius 2 is 2.18 bits per heavy atom. The molecular formula is C17H23N3O2. The summed E-state index contributed by atoms with van der Waals surface area (Å²) in [6.07, 6.45) is 5.18. The van der Waals surface area contributed by atoms with Crippen LogP contribution in [0.5, 0.6) is 0 Å². The first-order valence-electron chi connectivity index (χ1n) is 8.11. The number of aromatic nitrogens is 2. The number of H-pyrrole nitrogens is 1. The Kier molecular flexibility index (Phi) is 4.85. The molecule has 0 spiro atoms. The highest BCUT2D eigenvalue weighted by molar-refractivity contribution is 5.77. The van der Waals surface area contributed by atoms with Gasteiger partial charge in [0.1, 0.15) is 5.82 Å². The van der Waals surface area contributed by atoms with Gasteiger partial charge in [0.25, 0.3) is 5.56 Å². The number of hydrogen-bond donors (Lipinski definition) is 2. The highest BCUT2D eigenvalue weighted by Gasteiger charge is 2.21. The summed E-state index contributed by atoms with van der Waals surface area (Å²) in [6, 6.07) is 7.90. The summed E-state index contributed by atoms with van der Waals surface area (Å²) < 4.78 is 0. The highest BCUT2D eigenvalue weighted by atomic mass is 16.3. The van der Waals surface area contributed by atoms with Crippen LogP contribution in [0.1, 0.15) is 31.5 Å². The second-order valence-electron chi connectivity index (χ2n) is 5.98. The Labute approximate surface area is 130 Å². The van der Waals surface area contributed by atoms with Crippen LogP contribution in [0, 0.1) is 0 Å². The van der Waals surface area contributed by atoms with E-state index in [0.29, 0.717) is 11.4 Å². The van der Waals surface area contributed by atoms with E-state index in [2.05, 4.69) is 14.9 Å². The van der Waals surface area contributed by atoms with Crippen molar-refractivity contribution in [3.8, 4) is 0 Å². The minimum Gasteiger partial charge on any atom is -0.396 e. The summed E-state index contributed by atoms with van der Waals surface area (Å²) in [5.74, 6) is 0.747. The molecule has 0 amide bonds. The zero-order valence-corrected chi connectivity index (χ0v) is 12.8. The smallest absolute Gasteiger partial charge is 0.258 e. The van der Waals surface area contributed by atoms with Gasteiger partial charge in [-0.2, -0.15) is 0 Å². The van der Waals surface area contributed by atoms with Crippen molar-refractivity contribution in [2.45, 2.75) is 38.1 Å². The molecule has 0 bridgehead atoms. The molecule has 2 N–H and O–H groups in total. The van der Waals surface area contributed by atoms with E-state index in [1.54, 1.807) is 6.07 Å². The van der Waals surface area contributed by atoms with Crippen molar-refractivity contribution >= 4 is 10.9 Å². The summed E-state index contributed by atoms with van der Waals surface area (Å²) in [6.45, 7) is 2.20. The lowest BCUT2D eigenvalue weighted by molar-refractivity contribution is 0.120. The van der Waals surface area contributed by atoms with Crippen LogP contribution in [0.25, 0.3) is 10.9 Å². The number of piperidine rings is 1. The van der Waals surface area contributed by atoms with Crippen LogP contribution in [0.3, 0.4) is 0 Å². The van der Waals surface area contributed by atoms with Gasteiger partial charge < -0.3 is 10.1 Å². The summed E-state index contributed by atoms with van der Waals surface area (Å²) in [5.41, 5.74) is 0.693. The largest absolute Gasteiger partial charge is 0.396 e. The molecule has 1 saturated heterocycles. The Balaban J connectivity index is 1.71. The Bertz CT molecular complexity index is 681. The molecule has 1 atom stereocenters. The van der Waals surface area contributed by atoms with Crippen LogP contribution in [0.2, 0.25) is 0 Å². The maximum absolute atomic E-state index is 12.1. The molecule has 1 aromatic carbocycles. The SMILES string of the molecule is O=c1[nH]c(CCN2CCCCC2CCO)nc2ccccc12. The zero-order valence-electron chi connectivity index (χ0n) is 12.8. The van der Waals surface area contributed by atoms with E-state index < -0.39 is 0 Å². The van der Waals surface area contributed by atoms with Gasteiger partial charge in [0.2, 0.25) is 0 Å². The third kappa shape index (κ3) is 3.36. The molecule has 2 heterocycles. The predicted octanol–water partition coefficient (Wildman–Crippen LogP) is 1.70. The molecule has 1 aromatic heterocycles. The van der Waals surface area contributed by atoms with Crippen LogP contribution < -0.4 is 5.56 Å². The lowest BCUT2D eigenvalue weighted by Gasteiger charge is -2.35. The van der Waals surface area contributed by atoms with Crippen molar-refractivity contribution in [3.63, 3.8) is 0 Å². The zero-order chi connectivity index (χ0) is 15.4. The van der Waals surface area contributed by atoms with Crippen LogP contribution in [0.15, 0.2) is 29.1 Å². The lowest BCUT2D eigenvalue weighted by atomic mass is 9.99. The van der Waals surface area contributed by atoms with Gasteiger partial charge in [-0.3, -0.25) is 9.69 Å². The van der Waals surface area contributed by atoms with E-state index in [-0.39, 0.29) is 12.2 Å². The maximum atomic E-state index is 12.1. The van der Waals surface area contributed by atoms with E-state index in [9.17, 15) is 9.90 Å². The molecule has 1 aliphatic heterocycles. The predicted molar refractivity (Wildman–Crippen MR) is 87.0 cm³/mol. The van der Waals surface area contributed by atoms with Crippen molar-refractivity contribution in [2.75, 3.05) is 19.7 Å². The van der Waals surface area contributed by atoms with Gasteiger partial charge in [0.15, 0.2) is 0 Å².